The Morgan fingerprint density at radius 2 is 1.73 bits per heavy atom. The summed E-state index contributed by atoms with van der Waals surface area (Å²) in [6.07, 6.45) is 5.31. The Hall–Kier alpha value is -5.00. The number of carbonyl (C=O) groups is 5. The van der Waals surface area contributed by atoms with Crippen molar-refractivity contribution < 1.29 is 61.9 Å². The number of halogens is 2. The molecule has 17 heteroatoms. The fourth-order valence-corrected chi connectivity index (χ4v) is 11.8. The minimum atomic E-state index is -2.15. The highest BCUT2D eigenvalue weighted by Crippen LogP contribution is 2.70. The van der Waals surface area contributed by atoms with Gasteiger partial charge in [-0.3, -0.25) is 24.0 Å². The van der Waals surface area contributed by atoms with Crippen LogP contribution < -0.4 is 20.4 Å². The number of esters is 3. The van der Waals surface area contributed by atoms with Crippen LogP contribution >= 0.6 is 0 Å². The number of piperazine rings is 1. The summed E-state index contributed by atoms with van der Waals surface area (Å²) in [5, 5.41) is 27.0. The molecule has 2 aromatic rings. The SMILES string of the molecule is COc1c(N2CCNC(C)C2)c(F)cc2c(=O)c(C(=O)OCOC(=O)CCC(=O)OCC(=O)[C@@]3(O)[C@H](C)CC4C5CCC6=CC(=O)C=C[C@]6(C)[C@@]5(F)[C@@H](O)C[C@@]43C)cn(C3CC3)c12. The molecule has 8 rings (SSSR count). The second-order valence-electron chi connectivity index (χ2n) is 18.8. The third kappa shape index (κ3) is 7.09. The molecule has 0 radical (unpaired) electrons. The monoisotopic (exact) mass is 879 g/mol. The van der Waals surface area contributed by atoms with Gasteiger partial charge in [0.15, 0.2) is 29.6 Å². The van der Waals surface area contributed by atoms with Crippen molar-refractivity contribution >= 4 is 46.1 Å². The zero-order valence-electron chi connectivity index (χ0n) is 36.2. The van der Waals surface area contributed by atoms with Crippen molar-refractivity contribution in [2.45, 2.75) is 109 Å². The van der Waals surface area contributed by atoms with E-state index in [1.807, 2.05) is 11.8 Å². The summed E-state index contributed by atoms with van der Waals surface area (Å²) in [4.78, 5) is 80.0. The van der Waals surface area contributed by atoms with Crippen LogP contribution in [-0.4, -0.2) is 108 Å². The molecule has 6 aliphatic rings. The number of aliphatic hydroxyl groups is 2. The van der Waals surface area contributed by atoms with Crippen LogP contribution in [-0.2, 0) is 33.4 Å². The topological polar surface area (TPSA) is 200 Å². The molecule has 3 unspecified atom stereocenters. The average Bonchev–Trinajstić information content (AvgIpc) is 4.07. The van der Waals surface area contributed by atoms with Crippen LogP contribution in [0.1, 0.15) is 95.5 Å². The molecule has 2 heterocycles. The number of allylic oxidation sites excluding steroid dienone is 4. The van der Waals surface area contributed by atoms with Gasteiger partial charge >= 0.3 is 17.9 Å². The van der Waals surface area contributed by atoms with Crippen molar-refractivity contribution in [3.63, 3.8) is 0 Å². The number of Topliss-reactive ketones (excluding diaryl/α,β-unsaturated/α-hetero) is 1. The second kappa shape index (κ2) is 16.2. The van der Waals surface area contributed by atoms with Crippen molar-refractivity contribution in [2.75, 3.05) is 45.0 Å². The van der Waals surface area contributed by atoms with Crippen molar-refractivity contribution in [3.8, 4) is 5.75 Å². The van der Waals surface area contributed by atoms with Gasteiger partial charge in [0, 0.05) is 54.7 Å². The molecule has 1 aromatic carbocycles. The van der Waals surface area contributed by atoms with Crippen LogP contribution in [0.15, 0.2) is 40.9 Å². The predicted molar refractivity (Wildman–Crippen MR) is 222 cm³/mol. The Morgan fingerprint density at radius 1 is 1.02 bits per heavy atom. The molecule has 3 N–H and O–H groups in total. The van der Waals surface area contributed by atoms with Gasteiger partial charge in [-0.1, -0.05) is 25.5 Å². The fourth-order valence-electron chi connectivity index (χ4n) is 11.8. The lowest BCUT2D eigenvalue weighted by molar-refractivity contribution is -0.220. The van der Waals surface area contributed by atoms with Gasteiger partial charge in [-0.25, -0.2) is 13.6 Å². The first kappa shape index (κ1) is 44.6. The van der Waals surface area contributed by atoms with Gasteiger partial charge < -0.3 is 43.9 Å². The van der Waals surface area contributed by atoms with Crippen LogP contribution in [0.4, 0.5) is 14.5 Å². The first-order chi connectivity index (χ1) is 29.8. The Morgan fingerprint density at radius 3 is 2.41 bits per heavy atom. The first-order valence-corrected chi connectivity index (χ1v) is 21.8. The number of fused-ring (bicyclic) bond motifs is 6. The van der Waals surface area contributed by atoms with E-state index >= 15 is 8.78 Å². The van der Waals surface area contributed by atoms with E-state index in [0.29, 0.717) is 43.6 Å². The summed E-state index contributed by atoms with van der Waals surface area (Å²) >= 11 is 0. The first-order valence-electron chi connectivity index (χ1n) is 21.8. The molecule has 4 saturated carbocycles. The molecule has 5 aliphatic carbocycles. The van der Waals surface area contributed by atoms with Gasteiger partial charge in [-0.15, -0.1) is 0 Å². The maximum absolute atomic E-state index is 17.5. The van der Waals surface area contributed by atoms with Gasteiger partial charge in [-0.05, 0) is 82.4 Å². The lowest BCUT2D eigenvalue weighted by Crippen LogP contribution is -2.69. The lowest BCUT2D eigenvalue weighted by atomic mass is 9.44. The molecule has 0 spiro atoms. The number of ether oxygens (including phenoxy) is 4. The number of anilines is 1. The molecule has 5 fully saturated rings. The number of alkyl halides is 1. The second-order valence-corrected chi connectivity index (χ2v) is 18.8. The highest BCUT2D eigenvalue weighted by atomic mass is 19.1. The molecule has 0 amide bonds. The van der Waals surface area contributed by atoms with E-state index in [4.69, 9.17) is 18.9 Å². The van der Waals surface area contributed by atoms with Crippen LogP contribution in [0, 0.1) is 34.4 Å². The van der Waals surface area contributed by atoms with Crippen molar-refractivity contribution in [1.82, 2.24) is 9.88 Å². The van der Waals surface area contributed by atoms with Gasteiger partial charge in [-0.2, -0.15) is 0 Å². The van der Waals surface area contributed by atoms with E-state index in [2.05, 4.69) is 5.32 Å². The summed E-state index contributed by atoms with van der Waals surface area (Å²) in [7, 11) is 1.40. The smallest absolute Gasteiger partial charge is 0.346 e. The van der Waals surface area contributed by atoms with Crippen LogP contribution in [0.3, 0.4) is 0 Å². The number of hydrogen-bond donors (Lipinski definition) is 3. The number of nitrogens with one attached hydrogen (secondary N) is 1. The van der Waals surface area contributed by atoms with E-state index in [1.54, 1.807) is 25.3 Å². The quantitative estimate of drug-likeness (QED) is 0.203. The number of carbonyl (C=O) groups excluding carboxylic acids is 5. The number of pyridine rings is 1. The van der Waals surface area contributed by atoms with Crippen LogP contribution in [0.25, 0.3) is 10.9 Å². The zero-order valence-corrected chi connectivity index (χ0v) is 36.2. The number of nitrogens with zero attached hydrogens (tertiary/aromatic N) is 2. The highest BCUT2D eigenvalue weighted by Gasteiger charge is 2.75. The van der Waals surface area contributed by atoms with Gasteiger partial charge in [0.25, 0.3) is 0 Å². The van der Waals surface area contributed by atoms with Crippen molar-refractivity contribution in [1.29, 1.82) is 0 Å². The van der Waals surface area contributed by atoms with Crippen molar-refractivity contribution in [2.24, 2.45) is 28.6 Å². The van der Waals surface area contributed by atoms with Crippen LogP contribution in [0.2, 0.25) is 0 Å². The van der Waals surface area contributed by atoms with E-state index in [0.717, 1.165) is 18.9 Å². The highest BCUT2D eigenvalue weighted by molar-refractivity contribution is 6.01. The Bertz CT molecular complexity index is 2400. The maximum atomic E-state index is 17.5. The molecular formula is C46H55F2N3O12. The number of aromatic nitrogens is 1. The summed E-state index contributed by atoms with van der Waals surface area (Å²) in [6.45, 7) is 6.95. The average molecular weight is 880 g/mol. The molecule has 9 atom stereocenters. The van der Waals surface area contributed by atoms with Gasteiger partial charge in [0.05, 0.1) is 37.0 Å². The lowest BCUT2D eigenvalue weighted by Gasteiger charge is -2.62. The third-order valence-corrected chi connectivity index (χ3v) is 15.2. The van der Waals surface area contributed by atoms with E-state index in [-0.39, 0.29) is 47.5 Å². The van der Waals surface area contributed by atoms with E-state index in [9.17, 15) is 39.0 Å². The number of benzene rings is 1. The normalized spacial score (nSPS) is 33.5. The molecule has 1 aliphatic heterocycles. The van der Waals surface area contributed by atoms with Gasteiger partial charge in [0.1, 0.15) is 16.9 Å². The fraction of sp³-hybridized carbons (Fsp3) is 0.609. The number of rotatable bonds is 12. The third-order valence-electron chi connectivity index (χ3n) is 15.2. The molecule has 0 bridgehead atoms. The Balaban J connectivity index is 0.864. The standard InChI is InChI=1S/C46H55F2N3O12/c1-24-16-32-31-9-6-26-17-28(52)12-13-43(26,3)45(31,48)34(53)19-44(32,4)46(24,59)35(54)22-61-36(55)10-11-37(56)62-23-63-42(58)30-21-51(27-7-8-27)38-29(40(30)57)18-33(47)39(41(38)60-5)50-15-14-49-25(2)20-50/h12-13,17-18,21,24-25,27,31-32,34,49,53,59H,6-11,14-16,19-20,22-23H2,1-5H3/t24-,25?,31?,32?,34+,43+,44+,45+,46+/m1/s1. The zero-order chi connectivity index (χ0) is 45.4. The minimum absolute atomic E-state index is 0.0699. The van der Waals surface area contributed by atoms with E-state index < -0.39 is 113 Å². The number of hydrogen-bond acceptors (Lipinski definition) is 14. The Kier molecular flexibility index (Phi) is 11.5. The Labute approximate surface area is 362 Å². The molecule has 1 aromatic heterocycles. The summed E-state index contributed by atoms with van der Waals surface area (Å²) in [6, 6.07) is 1.13. The van der Waals surface area contributed by atoms with Gasteiger partial charge in [0.2, 0.25) is 18.0 Å². The van der Waals surface area contributed by atoms with Crippen molar-refractivity contribution in [3.05, 3.63) is 57.7 Å². The summed E-state index contributed by atoms with van der Waals surface area (Å²) in [5.41, 5.74) is -6.71. The van der Waals surface area contributed by atoms with Crippen LogP contribution in [0.5, 0.6) is 5.75 Å². The number of methoxy groups -OCH3 is 1. The molecule has 1 saturated heterocycles. The molecule has 63 heavy (non-hydrogen) atoms. The predicted octanol–water partition coefficient (Wildman–Crippen LogP) is 4.18. The summed E-state index contributed by atoms with van der Waals surface area (Å²) in [5.74, 6) is -6.47. The molecule has 15 nitrogen and oxygen atoms in total. The largest absolute Gasteiger partial charge is 0.492 e. The molecule has 340 valence electrons. The summed E-state index contributed by atoms with van der Waals surface area (Å²) < 4.78 is 56.1. The maximum Gasteiger partial charge on any atom is 0.346 e. The minimum Gasteiger partial charge on any atom is -0.492 e. The van der Waals surface area contributed by atoms with E-state index in [1.165, 1.54) is 31.5 Å². The number of ketones is 2. The molecular weight excluding hydrogens is 825 g/mol. The number of aliphatic hydroxyl groups excluding tert-OH is 1.